The maximum absolute atomic E-state index is 13.5. The highest BCUT2D eigenvalue weighted by atomic mass is 32.2. The molecule has 1 atom stereocenters. The van der Waals surface area contributed by atoms with Gasteiger partial charge in [0, 0.05) is 11.6 Å². The molecule has 0 radical (unpaired) electrons. The van der Waals surface area contributed by atoms with Gasteiger partial charge >= 0.3 is 0 Å². The van der Waals surface area contributed by atoms with E-state index in [0.717, 1.165) is 30.7 Å². The molecule has 22 heavy (non-hydrogen) atoms. The monoisotopic (exact) mass is 327 g/mol. The second kappa shape index (κ2) is 6.54. The van der Waals surface area contributed by atoms with Crippen molar-refractivity contribution >= 4 is 9.84 Å². The summed E-state index contributed by atoms with van der Waals surface area (Å²) in [6.07, 6.45) is 3.26. The van der Waals surface area contributed by atoms with Crippen molar-refractivity contribution in [1.29, 1.82) is 0 Å². The lowest BCUT2D eigenvalue weighted by molar-refractivity contribution is 0.314. The van der Waals surface area contributed by atoms with E-state index >= 15 is 0 Å². The molecule has 1 aromatic rings. The molecular formula is C16H22FNO3S. The molecule has 6 heteroatoms. The Bertz CT molecular complexity index is 618. The molecule has 2 aliphatic heterocycles. The van der Waals surface area contributed by atoms with Crippen LogP contribution in [0.15, 0.2) is 18.2 Å². The predicted octanol–water partition coefficient (Wildman–Crippen LogP) is 2.45. The standard InChI is InChI=1S/C16H22FNO3S/c17-13-3-4-16-14(10-13)15(2-1-7-21-16)18-11-12-5-8-22(19,20)9-6-12/h3-4,10,12,15,18H,1-2,5-9,11H2/t15-/m1/s1. The van der Waals surface area contributed by atoms with Crippen molar-refractivity contribution in [2.45, 2.75) is 31.7 Å². The van der Waals surface area contributed by atoms with Gasteiger partial charge in [-0.2, -0.15) is 0 Å². The van der Waals surface area contributed by atoms with Gasteiger partial charge in [-0.1, -0.05) is 0 Å². The Balaban J connectivity index is 1.64. The molecule has 0 amide bonds. The van der Waals surface area contributed by atoms with Crippen molar-refractivity contribution in [2.24, 2.45) is 5.92 Å². The summed E-state index contributed by atoms with van der Waals surface area (Å²) in [5, 5.41) is 3.50. The second-order valence-electron chi connectivity index (χ2n) is 6.23. The van der Waals surface area contributed by atoms with E-state index in [1.54, 1.807) is 12.1 Å². The van der Waals surface area contributed by atoms with E-state index in [-0.39, 0.29) is 11.9 Å². The number of hydrogen-bond acceptors (Lipinski definition) is 4. The number of sulfone groups is 1. The van der Waals surface area contributed by atoms with Crippen molar-refractivity contribution in [3.05, 3.63) is 29.6 Å². The number of benzene rings is 1. The molecule has 1 aromatic carbocycles. The van der Waals surface area contributed by atoms with Crippen LogP contribution in [0.2, 0.25) is 0 Å². The van der Waals surface area contributed by atoms with Crippen LogP contribution in [-0.2, 0) is 9.84 Å². The van der Waals surface area contributed by atoms with Crippen LogP contribution >= 0.6 is 0 Å². The molecule has 0 aromatic heterocycles. The van der Waals surface area contributed by atoms with Gasteiger partial charge in [0.1, 0.15) is 21.4 Å². The molecular weight excluding hydrogens is 305 g/mol. The summed E-state index contributed by atoms with van der Waals surface area (Å²) < 4.78 is 42.1. The lowest BCUT2D eigenvalue weighted by Gasteiger charge is -2.25. The zero-order valence-corrected chi connectivity index (χ0v) is 13.4. The van der Waals surface area contributed by atoms with Crippen LogP contribution in [-0.4, -0.2) is 33.1 Å². The van der Waals surface area contributed by atoms with Crippen LogP contribution < -0.4 is 10.1 Å². The molecule has 3 rings (SSSR count). The lowest BCUT2D eigenvalue weighted by atomic mass is 9.98. The topological polar surface area (TPSA) is 55.4 Å². The van der Waals surface area contributed by atoms with Gasteiger partial charge in [-0.25, -0.2) is 12.8 Å². The van der Waals surface area contributed by atoms with Crippen molar-refractivity contribution in [3.63, 3.8) is 0 Å². The van der Waals surface area contributed by atoms with Crippen molar-refractivity contribution in [3.8, 4) is 5.75 Å². The second-order valence-corrected chi connectivity index (χ2v) is 8.53. The Morgan fingerprint density at radius 1 is 1.23 bits per heavy atom. The van der Waals surface area contributed by atoms with Crippen LogP contribution in [0, 0.1) is 11.7 Å². The molecule has 122 valence electrons. The van der Waals surface area contributed by atoms with Crippen molar-refractivity contribution in [1.82, 2.24) is 5.32 Å². The van der Waals surface area contributed by atoms with Gasteiger partial charge in [-0.15, -0.1) is 0 Å². The minimum Gasteiger partial charge on any atom is -0.493 e. The summed E-state index contributed by atoms with van der Waals surface area (Å²) in [5.41, 5.74) is 0.876. The van der Waals surface area contributed by atoms with Gasteiger partial charge in [0.2, 0.25) is 0 Å². The summed E-state index contributed by atoms with van der Waals surface area (Å²) in [7, 11) is -2.82. The summed E-state index contributed by atoms with van der Waals surface area (Å²) >= 11 is 0. The zero-order chi connectivity index (χ0) is 15.6. The molecule has 1 fully saturated rings. The lowest BCUT2D eigenvalue weighted by Crippen LogP contribution is -2.32. The smallest absolute Gasteiger partial charge is 0.150 e. The fraction of sp³-hybridized carbons (Fsp3) is 0.625. The first-order chi connectivity index (χ1) is 10.5. The van der Waals surface area contributed by atoms with E-state index in [9.17, 15) is 12.8 Å². The third kappa shape index (κ3) is 3.79. The molecule has 1 N–H and O–H groups in total. The van der Waals surface area contributed by atoms with Crippen LogP contribution in [0.3, 0.4) is 0 Å². The van der Waals surface area contributed by atoms with Crippen molar-refractivity contribution in [2.75, 3.05) is 24.7 Å². The van der Waals surface area contributed by atoms with E-state index in [1.165, 1.54) is 6.07 Å². The molecule has 0 saturated carbocycles. The minimum atomic E-state index is -2.82. The first-order valence-electron chi connectivity index (χ1n) is 7.89. The number of halogens is 1. The Hall–Kier alpha value is -1.14. The quantitative estimate of drug-likeness (QED) is 0.926. The van der Waals surface area contributed by atoms with Gasteiger partial charge in [0.15, 0.2) is 0 Å². The Morgan fingerprint density at radius 3 is 2.77 bits per heavy atom. The molecule has 1 saturated heterocycles. The first kappa shape index (κ1) is 15.7. The number of hydrogen-bond donors (Lipinski definition) is 1. The third-order valence-corrected chi connectivity index (χ3v) is 6.28. The largest absolute Gasteiger partial charge is 0.493 e. The van der Waals surface area contributed by atoms with Crippen LogP contribution in [0.25, 0.3) is 0 Å². The number of fused-ring (bicyclic) bond motifs is 1. The van der Waals surface area contributed by atoms with Gasteiger partial charge in [0.05, 0.1) is 18.1 Å². The highest BCUT2D eigenvalue weighted by Crippen LogP contribution is 2.32. The van der Waals surface area contributed by atoms with E-state index < -0.39 is 9.84 Å². The van der Waals surface area contributed by atoms with E-state index in [2.05, 4.69) is 5.32 Å². The SMILES string of the molecule is O=S1(=O)CCC(CN[C@@H]2CCCOc3ccc(F)cc32)CC1. The Morgan fingerprint density at radius 2 is 2.00 bits per heavy atom. The Labute approximate surface area is 131 Å². The van der Waals surface area contributed by atoms with Gasteiger partial charge in [0.25, 0.3) is 0 Å². The fourth-order valence-corrected chi connectivity index (χ4v) is 4.80. The van der Waals surface area contributed by atoms with Gasteiger partial charge in [-0.05, 0) is 56.3 Å². The molecule has 0 spiro atoms. The average Bonchev–Trinajstić information content (AvgIpc) is 2.68. The molecule has 0 bridgehead atoms. The highest BCUT2D eigenvalue weighted by Gasteiger charge is 2.25. The predicted molar refractivity (Wildman–Crippen MR) is 83.3 cm³/mol. The molecule has 4 nitrogen and oxygen atoms in total. The molecule has 0 aliphatic carbocycles. The maximum atomic E-state index is 13.5. The van der Waals surface area contributed by atoms with E-state index in [4.69, 9.17) is 4.74 Å². The van der Waals surface area contributed by atoms with Gasteiger partial charge < -0.3 is 10.1 Å². The summed E-state index contributed by atoms with van der Waals surface area (Å²) in [5.74, 6) is 1.46. The first-order valence-corrected chi connectivity index (χ1v) is 9.72. The normalized spacial score (nSPS) is 25.0. The zero-order valence-electron chi connectivity index (χ0n) is 12.6. The van der Waals surface area contributed by atoms with Crippen LogP contribution in [0.4, 0.5) is 4.39 Å². The Kier molecular flexibility index (Phi) is 4.68. The number of nitrogens with one attached hydrogen (secondary N) is 1. The maximum Gasteiger partial charge on any atom is 0.150 e. The van der Waals surface area contributed by atoms with Crippen molar-refractivity contribution < 1.29 is 17.5 Å². The number of ether oxygens (including phenoxy) is 1. The minimum absolute atomic E-state index is 0.0757. The number of rotatable bonds is 3. The van der Waals surface area contributed by atoms with E-state index in [0.29, 0.717) is 36.9 Å². The molecule has 0 unspecified atom stereocenters. The fourth-order valence-electron chi connectivity index (χ4n) is 3.21. The molecule has 2 heterocycles. The highest BCUT2D eigenvalue weighted by molar-refractivity contribution is 7.91. The van der Waals surface area contributed by atoms with Crippen LogP contribution in [0.1, 0.15) is 37.3 Å². The van der Waals surface area contributed by atoms with Gasteiger partial charge in [-0.3, -0.25) is 0 Å². The van der Waals surface area contributed by atoms with E-state index in [1.807, 2.05) is 0 Å². The molecule has 2 aliphatic rings. The summed E-state index contributed by atoms with van der Waals surface area (Å²) in [6, 6.07) is 4.74. The third-order valence-electron chi connectivity index (χ3n) is 4.57. The summed E-state index contributed by atoms with van der Waals surface area (Å²) in [6.45, 7) is 1.43. The average molecular weight is 327 g/mol. The summed E-state index contributed by atoms with van der Waals surface area (Å²) in [4.78, 5) is 0. The van der Waals surface area contributed by atoms with Crippen LogP contribution in [0.5, 0.6) is 5.75 Å².